The van der Waals surface area contributed by atoms with E-state index in [-0.39, 0.29) is 12.6 Å². The Labute approximate surface area is 85.9 Å². The first-order chi connectivity index (χ1) is 5.65. The van der Waals surface area contributed by atoms with Crippen LogP contribution in [0.2, 0.25) is 0 Å². The minimum atomic E-state index is -0.249. The molecule has 1 rings (SSSR count). The van der Waals surface area contributed by atoms with Gasteiger partial charge in [-0.25, -0.2) is 0 Å². The number of hydrogen-bond donors (Lipinski definition) is 2. The van der Waals surface area contributed by atoms with Crippen LogP contribution in [0.3, 0.4) is 0 Å². The fourth-order valence-corrected chi connectivity index (χ4v) is 1.34. The Hall–Kier alpha value is -0.130. The summed E-state index contributed by atoms with van der Waals surface area (Å²) in [6, 6.07) is 5.74. The molecule has 0 aliphatic rings. The molecule has 0 unspecified atom stereocenters. The molecule has 0 aliphatic carbocycles. The van der Waals surface area contributed by atoms with Crippen LogP contribution in [-0.4, -0.2) is 11.7 Å². The van der Waals surface area contributed by atoms with Crippen molar-refractivity contribution < 1.29 is 5.11 Å². The van der Waals surface area contributed by atoms with Gasteiger partial charge in [-0.2, -0.15) is 0 Å². The van der Waals surface area contributed by atoms with Crippen LogP contribution in [0.15, 0.2) is 18.2 Å². The first-order valence-electron chi connectivity index (χ1n) is 3.77. The molecule has 0 aliphatic heterocycles. The molecule has 0 aromatic heterocycles. The van der Waals surface area contributed by atoms with Crippen molar-refractivity contribution in [1.82, 2.24) is 0 Å². The second kappa shape index (κ2) is 4.20. The quantitative estimate of drug-likeness (QED) is 0.806. The van der Waals surface area contributed by atoms with Crippen LogP contribution in [0, 0.1) is 10.5 Å². The number of aryl methyl sites for hydroxylation is 1. The van der Waals surface area contributed by atoms with E-state index in [9.17, 15) is 0 Å². The van der Waals surface area contributed by atoms with Gasteiger partial charge in [0.2, 0.25) is 0 Å². The second-order valence-electron chi connectivity index (χ2n) is 2.80. The molecular formula is C9H12INO. The molecule has 1 aromatic carbocycles. The van der Waals surface area contributed by atoms with Crippen molar-refractivity contribution in [1.29, 1.82) is 0 Å². The van der Waals surface area contributed by atoms with Crippen LogP contribution < -0.4 is 5.73 Å². The van der Waals surface area contributed by atoms with Crippen molar-refractivity contribution in [2.24, 2.45) is 5.73 Å². The molecule has 0 radical (unpaired) electrons. The van der Waals surface area contributed by atoms with Gasteiger partial charge in [0.05, 0.1) is 12.6 Å². The Balaban J connectivity index is 2.96. The fourth-order valence-electron chi connectivity index (χ4n) is 1.00. The summed E-state index contributed by atoms with van der Waals surface area (Å²) in [6.07, 6.45) is 0. The lowest BCUT2D eigenvalue weighted by molar-refractivity contribution is 0.268. The Morgan fingerprint density at radius 1 is 1.58 bits per heavy atom. The maximum absolute atomic E-state index is 8.82. The number of benzene rings is 1. The first kappa shape index (κ1) is 9.95. The minimum absolute atomic E-state index is 0.0000321. The van der Waals surface area contributed by atoms with E-state index in [4.69, 9.17) is 10.8 Å². The molecule has 0 amide bonds. The third-order valence-corrected chi connectivity index (χ3v) is 3.02. The Kier molecular flexibility index (Phi) is 3.49. The Morgan fingerprint density at radius 2 is 2.25 bits per heavy atom. The van der Waals surface area contributed by atoms with Gasteiger partial charge in [0.1, 0.15) is 0 Å². The SMILES string of the molecule is Cc1cc([C@H](N)CO)ccc1I. The summed E-state index contributed by atoms with van der Waals surface area (Å²) in [7, 11) is 0. The summed E-state index contributed by atoms with van der Waals surface area (Å²) in [5.74, 6) is 0. The van der Waals surface area contributed by atoms with Gasteiger partial charge in [0.15, 0.2) is 0 Å². The highest BCUT2D eigenvalue weighted by Crippen LogP contribution is 2.16. The summed E-state index contributed by atoms with van der Waals surface area (Å²) < 4.78 is 1.22. The Bertz CT molecular complexity index is 275. The van der Waals surface area contributed by atoms with Crippen LogP contribution in [0.4, 0.5) is 0 Å². The van der Waals surface area contributed by atoms with Crippen LogP contribution >= 0.6 is 22.6 Å². The normalized spacial score (nSPS) is 13.0. The molecule has 0 heterocycles. The zero-order valence-electron chi connectivity index (χ0n) is 6.92. The van der Waals surface area contributed by atoms with E-state index >= 15 is 0 Å². The average molecular weight is 277 g/mol. The molecule has 0 fully saturated rings. The lowest BCUT2D eigenvalue weighted by Gasteiger charge is -2.09. The zero-order chi connectivity index (χ0) is 9.14. The number of hydrogen-bond acceptors (Lipinski definition) is 2. The molecule has 0 spiro atoms. The highest BCUT2D eigenvalue weighted by atomic mass is 127. The zero-order valence-corrected chi connectivity index (χ0v) is 9.08. The van der Waals surface area contributed by atoms with Crippen LogP contribution in [0.25, 0.3) is 0 Å². The second-order valence-corrected chi connectivity index (χ2v) is 3.96. The van der Waals surface area contributed by atoms with Gasteiger partial charge in [0, 0.05) is 3.57 Å². The first-order valence-corrected chi connectivity index (χ1v) is 4.85. The van der Waals surface area contributed by atoms with Crippen LogP contribution in [0.1, 0.15) is 17.2 Å². The molecule has 1 atom stereocenters. The molecule has 12 heavy (non-hydrogen) atoms. The van der Waals surface area contributed by atoms with Gasteiger partial charge in [-0.1, -0.05) is 12.1 Å². The van der Waals surface area contributed by atoms with E-state index < -0.39 is 0 Å². The number of halogens is 1. The summed E-state index contributed by atoms with van der Waals surface area (Å²) in [5.41, 5.74) is 7.86. The minimum Gasteiger partial charge on any atom is -0.394 e. The highest BCUT2D eigenvalue weighted by molar-refractivity contribution is 14.1. The van der Waals surface area contributed by atoms with E-state index in [0.29, 0.717) is 0 Å². The van der Waals surface area contributed by atoms with Gasteiger partial charge in [-0.3, -0.25) is 0 Å². The average Bonchev–Trinajstić information content (AvgIpc) is 2.08. The summed E-state index contributed by atoms with van der Waals surface area (Å²) >= 11 is 2.27. The van der Waals surface area contributed by atoms with Crippen molar-refractivity contribution in [3.8, 4) is 0 Å². The number of rotatable bonds is 2. The highest BCUT2D eigenvalue weighted by Gasteiger charge is 2.04. The van der Waals surface area contributed by atoms with Gasteiger partial charge >= 0.3 is 0 Å². The smallest absolute Gasteiger partial charge is 0.0624 e. The van der Waals surface area contributed by atoms with Crippen molar-refractivity contribution in [2.75, 3.05) is 6.61 Å². The molecule has 0 saturated heterocycles. The number of aliphatic hydroxyl groups is 1. The molecule has 0 saturated carbocycles. The molecule has 3 N–H and O–H groups in total. The topological polar surface area (TPSA) is 46.2 Å². The molecular weight excluding hydrogens is 265 g/mol. The fraction of sp³-hybridized carbons (Fsp3) is 0.333. The predicted molar refractivity (Wildman–Crippen MR) is 57.9 cm³/mol. The van der Waals surface area contributed by atoms with E-state index in [1.807, 2.05) is 25.1 Å². The van der Waals surface area contributed by atoms with Crippen molar-refractivity contribution in [3.05, 3.63) is 32.9 Å². The summed E-state index contributed by atoms with van der Waals surface area (Å²) in [6.45, 7) is 2.04. The monoisotopic (exact) mass is 277 g/mol. The summed E-state index contributed by atoms with van der Waals surface area (Å²) in [5, 5.41) is 8.82. The van der Waals surface area contributed by atoms with Gasteiger partial charge in [-0.15, -0.1) is 0 Å². The maximum atomic E-state index is 8.82. The van der Waals surface area contributed by atoms with Gasteiger partial charge in [0.25, 0.3) is 0 Å². The van der Waals surface area contributed by atoms with Crippen LogP contribution in [0.5, 0.6) is 0 Å². The van der Waals surface area contributed by atoms with Crippen LogP contribution in [-0.2, 0) is 0 Å². The summed E-state index contributed by atoms with van der Waals surface area (Å²) in [4.78, 5) is 0. The van der Waals surface area contributed by atoms with E-state index in [1.54, 1.807) is 0 Å². The maximum Gasteiger partial charge on any atom is 0.0624 e. The van der Waals surface area contributed by atoms with Crippen molar-refractivity contribution in [2.45, 2.75) is 13.0 Å². The van der Waals surface area contributed by atoms with E-state index in [2.05, 4.69) is 22.6 Å². The Morgan fingerprint density at radius 3 is 2.75 bits per heavy atom. The van der Waals surface area contributed by atoms with Crippen molar-refractivity contribution >= 4 is 22.6 Å². The molecule has 2 nitrogen and oxygen atoms in total. The third kappa shape index (κ3) is 2.18. The predicted octanol–water partition coefficient (Wildman–Crippen LogP) is 1.59. The van der Waals surface area contributed by atoms with Gasteiger partial charge < -0.3 is 10.8 Å². The molecule has 3 heteroatoms. The van der Waals surface area contributed by atoms with E-state index in [1.165, 1.54) is 9.13 Å². The molecule has 66 valence electrons. The van der Waals surface area contributed by atoms with E-state index in [0.717, 1.165) is 5.56 Å². The number of aliphatic hydroxyl groups excluding tert-OH is 1. The largest absolute Gasteiger partial charge is 0.394 e. The third-order valence-electron chi connectivity index (χ3n) is 1.81. The molecule has 0 bridgehead atoms. The lowest BCUT2D eigenvalue weighted by atomic mass is 10.1. The number of nitrogens with two attached hydrogens (primary N) is 1. The van der Waals surface area contributed by atoms with Crippen molar-refractivity contribution in [3.63, 3.8) is 0 Å². The standard InChI is InChI=1S/C9H12INO/c1-6-4-7(9(11)5-12)2-3-8(6)10/h2-4,9,12H,5,11H2,1H3/t9-/m1/s1. The van der Waals surface area contributed by atoms with Gasteiger partial charge in [-0.05, 0) is 46.7 Å². The molecule has 1 aromatic rings. The lowest BCUT2D eigenvalue weighted by Crippen LogP contribution is -2.14.